The first-order chi connectivity index (χ1) is 9.10. The van der Waals surface area contributed by atoms with E-state index < -0.39 is 0 Å². The Morgan fingerprint density at radius 2 is 1.84 bits per heavy atom. The van der Waals surface area contributed by atoms with Crippen LogP contribution in [0.4, 0.5) is 0 Å². The molecule has 0 aliphatic carbocycles. The molecule has 1 heterocycles. The lowest BCUT2D eigenvalue weighted by Crippen LogP contribution is -2.24. The predicted molar refractivity (Wildman–Crippen MR) is 80.5 cm³/mol. The molecule has 1 aromatic rings. The number of likely N-dealkylation sites (tertiary alicyclic amines) is 1. The summed E-state index contributed by atoms with van der Waals surface area (Å²) in [7, 11) is 0. The van der Waals surface area contributed by atoms with Crippen molar-refractivity contribution in [3.63, 3.8) is 0 Å². The van der Waals surface area contributed by atoms with Gasteiger partial charge in [0.2, 0.25) is 0 Å². The summed E-state index contributed by atoms with van der Waals surface area (Å²) in [5, 5.41) is 9.83. The topological polar surface area (TPSA) is 23.5 Å². The first-order valence-electron chi connectivity index (χ1n) is 7.61. The molecule has 1 unspecified atom stereocenters. The van der Waals surface area contributed by atoms with Crippen molar-refractivity contribution in [2.24, 2.45) is 5.92 Å². The van der Waals surface area contributed by atoms with Crippen LogP contribution in [-0.4, -0.2) is 23.1 Å². The second-order valence-electron chi connectivity index (χ2n) is 6.06. The van der Waals surface area contributed by atoms with E-state index in [1.54, 1.807) is 0 Å². The molecule has 0 bridgehead atoms. The molecule has 2 heteroatoms. The highest BCUT2D eigenvalue weighted by Crippen LogP contribution is 2.25. The van der Waals surface area contributed by atoms with Gasteiger partial charge in [-0.05, 0) is 68.8 Å². The van der Waals surface area contributed by atoms with Crippen LogP contribution < -0.4 is 0 Å². The third-order valence-electron chi connectivity index (χ3n) is 4.47. The van der Waals surface area contributed by atoms with E-state index >= 15 is 0 Å². The number of phenolic OH excluding ortho intramolecular Hbond substituents is 1. The first-order valence-corrected chi connectivity index (χ1v) is 7.61. The van der Waals surface area contributed by atoms with Crippen molar-refractivity contribution in [2.45, 2.75) is 53.0 Å². The smallest absolute Gasteiger partial charge is 0.121 e. The fourth-order valence-electron chi connectivity index (χ4n) is 3.19. The average molecular weight is 261 g/mol. The zero-order valence-corrected chi connectivity index (χ0v) is 12.6. The Bertz CT molecular complexity index is 404. The average Bonchev–Trinajstić information content (AvgIpc) is 2.61. The molecule has 106 valence electrons. The Morgan fingerprint density at radius 1 is 1.16 bits per heavy atom. The minimum atomic E-state index is 0.450. The molecule has 0 amide bonds. The van der Waals surface area contributed by atoms with Crippen molar-refractivity contribution in [1.29, 1.82) is 0 Å². The van der Waals surface area contributed by atoms with Gasteiger partial charge in [0, 0.05) is 6.54 Å². The van der Waals surface area contributed by atoms with Crippen molar-refractivity contribution in [2.75, 3.05) is 13.1 Å². The lowest BCUT2D eigenvalue weighted by atomic mass is 9.98. The van der Waals surface area contributed by atoms with Gasteiger partial charge < -0.3 is 5.11 Å². The summed E-state index contributed by atoms with van der Waals surface area (Å²) >= 11 is 0. The van der Waals surface area contributed by atoms with Crippen molar-refractivity contribution in [1.82, 2.24) is 4.90 Å². The molecule has 1 aromatic carbocycles. The number of hydrogen-bond donors (Lipinski definition) is 1. The maximum absolute atomic E-state index is 9.83. The van der Waals surface area contributed by atoms with Crippen LogP contribution in [0.25, 0.3) is 0 Å². The Morgan fingerprint density at radius 3 is 2.47 bits per heavy atom. The molecule has 0 aromatic heterocycles. The van der Waals surface area contributed by atoms with E-state index in [1.807, 2.05) is 13.8 Å². The molecular formula is C17H27NO. The normalized spacial score (nSPS) is 21.3. The van der Waals surface area contributed by atoms with Crippen molar-refractivity contribution in [3.8, 4) is 5.75 Å². The van der Waals surface area contributed by atoms with Crippen LogP contribution in [0.5, 0.6) is 5.75 Å². The van der Waals surface area contributed by atoms with Gasteiger partial charge in [-0.2, -0.15) is 0 Å². The first kappa shape index (κ1) is 14.4. The van der Waals surface area contributed by atoms with E-state index in [4.69, 9.17) is 0 Å². The molecule has 1 N–H and O–H groups in total. The third kappa shape index (κ3) is 3.73. The molecule has 1 fully saturated rings. The second-order valence-corrected chi connectivity index (χ2v) is 6.06. The highest BCUT2D eigenvalue weighted by atomic mass is 16.3. The van der Waals surface area contributed by atoms with E-state index in [0.29, 0.717) is 5.75 Å². The van der Waals surface area contributed by atoms with Gasteiger partial charge in [0.1, 0.15) is 5.75 Å². The number of aromatic hydroxyl groups is 1. The summed E-state index contributed by atoms with van der Waals surface area (Å²) in [5.74, 6) is 1.37. The van der Waals surface area contributed by atoms with Gasteiger partial charge >= 0.3 is 0 Å². The number of aryl methyl sites for hydroxylation is 2. The summed E-state index contributed by atoms with van der Waals surface area (Å²) in [6, 6.07) is 4.26. The zero-order valence-electron chi connectivity index (χ0n) is 12.6. The Hall–Kier alpha value is -1.02. The Kier molecular flexibility index (Phi) is 4.87. The molecule has 1 atom stereocenters. The molecule has 0 spiro atoms. The molecule has 19 heavy (non-hydrogen) atoms. The van der Waals surface area contributed by atoms with E-state index in [1.165, 1.54) is 44.3 Å². The van der Waals surface area contributed by atoms with Crippen LogP contribution in [0.2, 0.25) is 0 Å². The summed E-state index contributed by atoms with van der Waals surface area (Å²) in [5.41, 5.74) is 3.33. The second kappa shape index (κ2) is 6.42. The fourth-order valence-corrected chi connectivity index (χ4v) is 3.19. The van der Waals surface area contributed by atoms with E-state index in [9.17, 15) is 5.11 Å². The van der Waals surface area contributed by atoms with Gasteiger partial charge in [-0.3, -0.25) is 4.90 Å². The van der Waals surface area contributed by atoms with E-state index in [2.05, 4.69) is 24.0 Å². The van der Waals surface area contributed by atoms with Gasteiger partial charge in [-0.25, -0.2) is 0 Å². The SMILES string of the molecule is CCC1CCCN(Cc2cc(C)c(O)c(C)c2)CC1. The summed E-state index contributed by atoms with van der Waals surface area (Å²) < 4.78 is 0. The molecule has 1 aliphatic rings. The van der Waals surface area contributed by atoms with Crippen LogP contribution in [-0.2, 0) is 6.54 Å². The minimum absolute atomic E-state index is 0.450. The molecule has 2 rings (SSSR count). The van der Waals surface area contributed by atoms with Gasteiger partial charge in [-0.15, -0.1) is 0 Å². The number of benzene rings is 1. The number of nitrogens with zero attached hydrogens (tertiary/aromatic N) is 1. The highest BCUT2D eigenvalue weighted by Gasteiger charge is 2.16. The van der Waals surface area contributed by atoms with E-state index in [0.717, 1.165) is 23.6 Å². The highest BCUT2D eigenvalue weighted by molar-refractivity contribution is 5.42. The van der Waals surface area contributed by atoms with Crippen molar-refractivity contribution in [3.05, 3.63) is 28.8 Å². The number of rotatable bonds is 3. The molecule has 0 saturated carbocycles. The lowest BCUT2D eigenvalue weighted by molar-refractivity contribution is 0.272. The van der Waals surface area contributed by atoms with E-state index in [-0.39, 0.29) is 0 Å². The van der Waals surface area contributed by atoms with Crippen LogP contribution in [0.3, 0.4) is 0 Å². The van der Waals surface area contributed by atoms with Crippen molar-refractivity contribution >= 4 is 0 Å². The van der Waals surface area contributed by atoms with Crippen LogP contribution in [0.1, 0.15) is 49.3 Å². The van der Waals surface area contributed by atoms with Gasteiger partial charge in [0.05, 0.1) is 0 Å². The van der Waals surface area contributed by atoms with Crippen LogP contribution in [0.15, 0.2) is 12.1 Å². The molecular weight excluding hydrogens is 234 g/mol. The van der Waals surface area contributed by atoms with Gasteiger partial charge in [-0.1, -0.05) is 25.5 Å². The maximum Gasteiger partial charge on any atom is 0.121 e. The predicted octanol–water partition coefficient (Wildman–Crippen LogP) is 4.02. The third-order valence-corrected chi connectivity index (χ3v) is 4.47. The summed E-state index contributed by atoms with van der Waals surface area (Å²) in [6.45, 7) is 9.75. The molecule has 0 radical (unpaired) electrons. The van der Waals surface area contributed by atoms with Crippen LogP contribution in [0, 0.1) is 19.8 Å². The molecule has 2 nitrogen and oxygen atoms in total. The Labute approximate surface area is 117 Å². The van der Waals surface area contributed by atoms with Gasteiger partial charge in [0.25, 0.3) is 0 Å². The largest absolute Gasteiger partial charge is 0.507 e. The maximum atomic E-state index is 9.83. The fraction of sp³-hybridized carbons (Fsp3) is 0.647. The zero-order chi connectivity index (χ0) is 13.8. The van der Waals surface area contributed by atoms with Gasteiger partial charge in [0.15, 0.2) is 0 Å². The monoisotopic (exact) mass is 261 g/mol. The Balaban J connectivity index is 2.01. The van der Waals surface area contributed by atoms with Crippen LogP contribution >= 0.6 is 0 Å². The quantitative estimate of drug-likeness (QED) is 0.888. The molecule has 1 aliphatic heterocycles. The summed E-state index contributed by atoms with van der Waals surface area (Å²) in [4.78, 5) is 2.57. The lowest BCUT2D eigenvalue weighted by Gasteiger charge is -2.21. The number of phenols is 1. The number of hydrogen-bond acceptors (Lipinski definition) is 2. The minimum Gasteiger partial charge on any atom is -0.507 e. The standard InChI is InChI=1S/C17H27NO/c1-4-15-6-5-8-18(9-7-15)12-16-10-13(2)17(19)14(3)11-16/h10-11,15,19H,4-9,12H2,1-3H3. The molecule has 1 saturated heterocycles. The van der Waals surface area contributed by atoms with Crippen molar-refractivity contribution < 1.29 is 5.11 Å². The summed E-state index contributed by atoms with van der Waals surface area (Å²) in [6.07, 6.45) is 5.38.